The average Bonchev–Trinajstić information content (AvgIpc) is 2.92. The van der Waals surface area contributed by atoms with Gasteiger partial charge in [0.05, 0.1) is 16.8 Å². The van der Waals surface area contributed by atoms with Gasteiger partial charge in [0.1, 0.15) is 0 Å². The molecule has 2 aliphatic rings. The first-order valence-corrected chi connectivity index (χ1v) is 21.8. The predicted octanol–water partition coefficient (Wildman–Crippen LogP) is 9.63. The second-order valence-corrected chi connectivity index (χ2v) is 20.8. The van der Waals surface area contributed by atoms with Gasteiger partial charge in [-0.15, -0.1) is 23.2 Å². The Hall–Kier alpha value is -0.786. The number of aryl methyl sites for hydroxylation is 2. The van der Waals surface area contributed by atoms with Crippen LogP contribution in [0.1, 0.15) is 104 Å². The van der Waals surface area contributed by atoms with E-state index >= 15 is 0 Å². The molecule has 6 nitrogen and oxygen atoms in total. The molecule has 0 aromatic heterocycles. The van der Waals surface area contributed by atoms with Crippen LogP contribution in [0.4, 0.5) is 0 Å². The quantitative estimate of drug-likeness (QED) is 0.144. The van der Waals surface area contributed by atoms with Crippen LogP contribution in [0.5, 0.6) is 0 Å². The fourth-order valence-corrected chi connectivity index (χ4v) is 14.5. The Labute approximate surface area is 290 Å². The minimum absolute atomic E-state index is 0.0421. The van der Waals surface area contributed by atoms with Crippen LogP contribution in [0.15, 0.2) is 48.5 Å². The molecular weight excluding hydrogens is 655 g/mol. The van der Waals surface area contributed by atoms with Crippen LogP contribution in [0.2, 0.25) is 12.1 Å². The van der Waals surface area contributed by atoms with Crippen molar-refractivity contribution in [1.29, 1.82) is 0 Å². The molecule has 0 aliphatic carbocycles. The Bertz CT molecular complexity index is 1260. The number of benzene rings is 2. The van der Waals surface area contributed by atoms with Crippen molar-refractivity contribution >= 4 is 40.8 Å². The third kappa shape index (κ3) is 11.1. The van der Waals surface area contributed by atoms with E-state index in [-0.39, 0.29) is 29.5 Å². The van der Waals surface area contributed by atoms with Gasteiger partial charge in [0.2, 0.25) is 0 Å². The first kappa shape index (κ1) is 38.0. The zero-order chi connectivity index (χ0) is 33.8. The van der Waals surface area contributed by atoms with Gasteiger partial charge in [0, 0.05) is 42.2 Å². The van der Waals surface area contributed by atoms with Crippen LogP contribution in [-0.4, -0.2) is 52.7 Å². The van der Waals surface area contributed by atoms with Gasteiger partial charge in [0.25, 0.3) is 0 Å². The van der Waals surface area contributed by atoms with E-state index in [1.54, 1.807) is 0 Å². The SMILES string of the molecule is CC1CC(C)(C)O[Si](CCc2ccc(CCl)cc2)(OC(C)CC(C)(C)O[Si]2(CCc3ccc(CCl)cc3)OC(C)CC(C)(C)O2)O1. The van der Waals surface area contributed by atoms with E-state index in [0.717, 1.165) is 36.8 Å². The zero-order valence-corrected chi connectivity index (χ0v) is 32.9. The van der Waals surface area contributed by atoms with Gasteiger partial charge in [0.15, 0.2) is 0 Å². The van der Waals surface area contributed by atoms with E-state index in [1.165, 1.54) is 11.1 Å². The van der Waals surface area contributed by atoms with Crippen LogP contribution in [-0.2, 0) is 51.2 Å². The van der Waals surface area contributed by atoms with Crippen molar-refractivity contribution in [3.05, 3.63) is 70.8 Å². The lowest BCUT2D eigenvalue weighted by Gasteiger charge is -2.49. The maximum absolute atomic E-state index is 7.06. The summed E-state index contributed by atoms with van der Waals surface area (Å²) in [5.41, 5.74) is 3.41. The molecule has 2 aromatic carbocycles. The lowest BCUT2D eigenvalue weighted by Crippen LogP contribution is -2.62. The lowest BCUT2D eigenvalue weighted by molar-refractivity contribution is -0.127. The van der Waals surface area contributed by atoms with Crippen molar-refractivity contribution in [2.45, 2.75) is 153 Å². The lowest BCUT2D eigenvalue weighted by atomic mass is 10.0. The molecule has 10 heteroatoms. The Morgan fingerprint density at radius 1 is 0.739 bits per heavy atom. The van der Waals surface area contributed by atoms with E-state index in [9.17, 15) is 0 Å². The van der Waals surface area contributed by atoms with Crippen molar-refractivity contribution in [3.63, 3.8) is 0 Å². The third-order valence-corrected chi connectivity index (χ3v) is 15.8. The molecule has 2 aliphatic heterocycles. The highest BCUT2D eigenvalue weighted by Crippen LogP contribution is 2.40. The highest BCUT2D eigenvalue weighted by atomic mass is 35.5. The molecular formula is C36H56Cl2O6Si2. The molecule has 2 aromatic rings. The smallest absolute Gasteiger partial charge is 0.371 e. The summed E-state index contributed by atoms with van der Waals surface area (Å²) in [7, 11) is -6.17. The average molecular weight is 712 g/mol. The highest BCUT2D eigenvalue weighted by molar-refractivity contribution is 6.61. The topological polar surface area (TPSA) is 55.4 Å². The normalized spacial score (nSPS) is 28.6. The zero-order valence-electron chi connectivity index (χ0n) is 29.4. The van der Waals surface area contributed by atoms with Gasteiger partial charge in [-0.3, -0.25) is 0 Å². The molecule has 0 radical (unpaired) electrons. The van der Waals surface area contributed by atoms with E-state index in [1.807, 2.05) is 0 Å². The predicted molar refractivity (Wildman–Crippen MR) is 192 cm³/mol. The molecule has 2 fully saturated rings. The van der Waals surface area contributed by atoms with Gasteiger partial charge < -0.3 is 26.6 Å². The number of alkyl halides is 2. The number of hydrogen-bond donors (Lipinski definition) is 0. The number of hydrogen-bond acceptors (Lipinski definition) is 6. The van der Waals surface area contributed by atoms with E-state index < -0.39 is 23.2 Å². The second kappa shape index (κ2) is 15.4. The van der Waals surface area contributed by atoms with E-state index in [2.05, 4.69) is 111 Å². The molecule has 0 N–H and O–H groups in total. The van der Waals surface area contributed by atoms with Crippen LogP contribution in [0.3, 0.4) is 0 Å². The summed E-state index contributed by atoms with van der Waals surface area (Å²) < 4.78 is 40.9. The van der Waals surface area contributed by atoms with Crippen molar-refractivity contribution in [2.24, 2.45) is 0 Å². The molecule has 0 bridgehead atoms. The molecule has 4 rings (SSSR count). The summed E-state index contributed by atoms with van der Waals surface area (Å²) >= 11 is 12.1. The summed E-state index contributed by atoms with van der Waals surface area (Å²) in [6, 6.07) is 18.3. The molecule has 2 saturated heterocycles. The summed E-state index contributed by atoms with van der Waals surface area (Å²) in [5.74, 6) is 1.01. The maximum atomic E-state index is 7.06. The van der Waals surface area contributed by atoms with Gasteiger partial charge in [-0.1, -0.05) is 48.5 Å². The minimum atomic E-state index is -3.10. The van der Waals surface area contributed by atoms with Crippen molar-refractivity contribution in [2.75, 3.05) is 0 Å². The summed E-state index contributed by atoms with van der Waals surface area (Å²) in [6.45, 7) is 19.2. The largest absolute Gasteiger partial charge is 0.502 e. The van der Waals surface area contributed by atoms with Gasteiger partial charge >= 0.3 is 17.6 Å². The van der Waals surface area contributed by atoms with Gasteiger partial charge in [-0.25, -0.2) is 0 Å². The fourth-order valence-electron chi connectivity index (χ4n) is 7.17. The van der Waals surface area contributed by atoms with Gasteiger partial charge in [-0.05, 0) is 117 Å². The van der Waals surface area contributed by atoms with Crippen molar-refractivity contribution < 1.29 is 26.6 Å². The molecule has 0 saturated carbocycles. The maximum Gasteiger partial charge on any atom is 0.502 e. The third-order valence-electron chi connectivity index (χ3n) is 8.57. The van der Waals surface area contributed by atoms with E-state index in [4.69, 9.17) is 49.8 Å². The van der Waals surface area contributed by atoms with Gasteiger partial charge in [-0.2, -0.15) is 0 Å². The fraction of sp³-hybridized carbons (Fsp3) is 0.667. The number of halogens is 2. The molecule has 5 atom stereocenters. The Morgan fingerprint density at radius 2 is 1.13 bits per heavy atom. The molecule has 0 amide bonds. The summed E-state index contributed by atoms with van der Waals surface area (Å²) in [6.07, 6.45) is 3.80. The highest BCUT2D eigenvalue weighted by Gasteiger charge is 2.55. The molecule has 0 spiro atoms. The van der Waals surface area contributed by atoms with Crippen LogP contribution >= 0.6 is 23.2 Å². The van der Waals surface area contributed by atoms with E-state index in [0.29, 0.717) is 30.3 Å². The first-order chi connectivity index (χ1) is 21.4. The Morgan fingerprint density at radius 3 is 1.57 bits per heavy atom. The number of rotatable bonds is 14. The summed E-state index contributed by atoms with van der Waals surface area (Å²) in [5, 5.41) is 0. The standard InChI is InChI=1S/C36H56Cl2O6Si2/c1-27-22-34(4,5)42-45(39-27,20-18-30-10-14-32(25-37)15-11-30)40-28(2)23-35(6,7)43-46(41-29(3)24-36(8,9)44-46)21-19-31-12-16-33(26-38)17-13-31/h10-17,27-29H,18-26H2,1-9H3. The minimum Gasteiger partial charge on any atom is -0.371 e. The second-order valence-electron chi connectivity index (χ2n) is 15.2. The summed E-state index contributed by atoms with van der Waals surface area (Å²) in [4.78, 5) is 0. The van der Waals surface area contributed by atoms with Crippen LogP contribution < -0.4 is 0 Å². The molecule has 2 heterocycles. The molecule has 5 unspecified atom stereocenters. The Balaban J connectivity index is 1.50. The Kier molecular flexibility index (Phi) is 12.7. The molecule has 46 heavy (non-hydrogen) atoms. The van der Waals surface area contributed by atoms with Crippen molar-refractivity contribution in [3.8, 4) is 0 Å². The van der Waals surface area contributed by atoms with Crippen molar-refractivity contribution in [1.82, 2.24) is 0 Å². The molecule has 258 valence electrons. The first-order valence-electron chi connectivity index (χ1n) is 16.9. The van der Waals surface area contributed by atoms with Crippen LogP contribution in [0.25, 0.3) is 0 Å². The monoisotopic (exact) mass is 710 g/mol. The van der Waals surface area contributed by atoms with Crippen LogP contribution in [0, 0.1) is 0 Å².